The highest BCUT2D eigenvalue weighted by molar-refractivity contribution is 5.48. The molecular formula is C14H15FN2O2. The van der Waals surface area contributed by atoms with Crippen molar-refractivity contribution in [2.24, 2.45) is 0 Å². The third-order valence-electron chi connectivity index (χ3n) is 2.73. The summed E-state index contributed by atoms with van der Waals surface area (Å²) in [6.45, 7) is 1.11. The van der Waals surface area contributed by atoms with Crippen LogP contribution in [0.25, 0.3) is 0 Å². The van der Waals surface area contributed by atoms with Crippen molar-refractivity contribution < 1.29 is 9.13 Å². The lowest BCUT2D eigenvalue weighted by Gasteiger charge is -2.09. The summed E-state index contributed by atoms with van der Waals surface area (Å²) in [4.78, 5) is 11.5. The van der Waals surface area contributed by atoms with Crippen LogP contribution >= 0.6 is 0 Å². The molecule has 0 aliphatic heterocycles. The van der Waals surface area contributed by atoms with E-state index in [1.54, 1.807) is 29.0 Å². The van der Waals surface area contributed by atoms with E-state index < -0.39 is 5.82 Å². The number of methoxy groups -OCH3 is 1. The maximum atomic E-state index is 13.2. The first kappa shape index (κ1) is 13.1. The first-order valence-electron chi connectivity index (χ1n) is 5.93. The quantitative estimate of drug-likeness (QED) is 0.897. The Balaban J connectivity index is 1.96. The van der Waals surface area contributed by atoms with Gasteiger partial charge in [-0.25, -0.2) is 4.39 Å². The smallest absolute Gasteiger partial charge is 0.250 e. The first-order chi connectivity index (χ1) is 9.20. The number of halogens is 1. The summed E-state index contributed by atoms with van der Waals surface area (Å²) in [7, 11) is 1.42. The summed E-state index contributed by atoms with van der Waals surface area (Å²) in [6, 6.07) is 9.59. The number of ether oxygens (including phenoxy) is 1. The molecule has 4 nitrogen and oxygen atoms in total. The van der Waals surface area contributed by atoms with E-state index in [0.717, 1.165) is 5.69 Å². The average molecular weight is 262 g/mol. The van der Waals surface area contributed by atoms with E-state index >= 15 is 0 Å². The van der Waals surface area contributed by atoms with E-state index in [-0.39, 0.29) is 11.3 Å². The number of hydrogen-bond acceptors (Lipinski definition) is 3. The molecule has 0 amide bonds. The summed E-state index contributed by atoms with van der Waals surface area (Å²) in [5, 5.41) is 3.12. The Hall–Kier alpha value is -2.30. The molecule has 0 fully saturated rings. The number of rotatable bonds is 5. The Morgan fingerprint density at radius 2 is 2.16 bits per heavy atom. The summed E-state index contributed by atoms with van der Waals surface area (Å²) in [6.07, 6.45) is 1.73. The Labute approximate surface area is 110 Å². The predicted molar refractivity (Wildman–Crippen MR) is 72.1 cm³/mol. The second-order valence-corrected chi connectivity index (χ2v) is 4.01. The van der Waals surface area contributed by atoms with Gasteiger partial charge in [0.15, 0.2) is 11.6 Å². The number of pyridine rings is 1. The number of anilines is 1. The van der Waals surface area contributed by atoms with E-state index in [4.69, 9.17) is 4.74 Å². The molecule has 0 aliphatic rings. The van der Waals surface area contributed by atoms with E-state index in [9.17, 15) is 9.18 Å². The molecule has 19 heavy (non-hydrogen) atoms. The van der Waals surface area contributed by atoms with Gasteiger partial charge < -0.3 is 14.6 Å². The van der Waals surface area contributed by atoms with Crippen LogP contribution < -0.4 is 15.6 Å². The lowest BCUT2D eigenvalue weighted by atomic mass is 10.3. The van der Waals surface area contributed by atoms with Crippen LogP contribution in [0.5, 0.6) is 5.75 Å². The maximum absolute atomic E-state index is 13.2. The second kappa shape index (κ2) is 6.04. The SMILES string of the molecule is COc1cc(NCCn2ccccc2=O)ccc1F. The van der Waals surface area contributed by atoms with Crippen LogP contribution in [-0.2, 0) is 6.54 Å². The minimum atomic E-state index is -0.396. The summed E-state index contributed by atoms with van der Waals surface area (Å²) in [5.74, 6) is -0.200. The molecule has 2 rings (SSSR count). The molecule has 0 aliphatic carbocycles. The monoisotopic (exact) mass is 262 g/mol. The van der Waals surface area contributed by atoms with Crippen molar-refractivity contribution in [3.8, 4) is 5.75 Å². The highest BCUT2D eigenvalue weighted by Crippen LogP contribution is 2.21. The minimum Gasteiger partial charge on any atom is -0.494 e. The standard InChI is InChI=1S/C14H15FN2O2/c1-19-13-10-11(5-6-12(13)15)16-7-9-17-8-3-2-4-14(17)18/h2-6,8,10,16H,7,9H2,1H3. The van der Waals surface area contributed by atoms with Gasteiger partial charge in [0, 0.05) is 37.1 Å². The zero-order valence-corrected chi connectivity index (χ0v) is 10.6. The highest BCUT2D eigenvalue weighted by Gasteiger charge is 2.03. The van der Waals surface area contributed by atoms with Crippen molar-refractivity contribution in [1.29, 1.82) is 0 Å². The lowest BCUT2D eigenvalue weighted by molar-refractivity contribution is 0.387. The summed E-state index contributed by atoms with van der Waals surface area (Å²) < 4.78 is 19.7. The Kier molecular flexibility index (Phi) is 4.18. The molecule has 0 atom stereocenters. The van der Waals surface area contributed by atoms with Gasteiger partial charge >= 0.3 is 0 Å². The minimum absolute atomic E-state index is 0.0408. The average Bonchev–Trinajstić information content (AvgIpc) is 2.43. The molecule has 0 saturated carbocycles. The van der Waals surface area contributed by atoms with Gasteiger partial charge in [-0.15, -0.1) is 0 Å². The molecule has 2 aromatic rings. The number of hydrogen-bond donors (Lipinski definition) is 1. The van der Waals surface area contributed by atoms with Crippen molar-refractivity contribution in [2.75, 3.05) is 19.0 Å². The van der Waals surface area contributed by atoms with Gasteiger partial charge in [0.2, 0.25) is 0 Å². The molecule has 0 spiro atoms. The fourth-order valence-electron chi connectivity index (χ4n) is 1.74. The van der Waals surface area contributed by atoms with Crippen molar-refractivity contribution in [1.82, 2.24) is 4.57 Å². The van der Waals surface area contributed by atoms with Gasteiger partial charge in [0.05, 0.1) is 7.11 Å². The molecule has 5 heteroatoms. The molecule has 1 heterocycles. The Bertz CT molecular complexity index is 610. The van der Waals surface area contributed by atoms with E-state index in [0.29, 0.717) is 13.1 Å². The maximum Gasteiger partial charge on any atom is 0.250 e. The number of nitrogens with zero attached hydrogens (tertiary/aromatic N) is 1. The molecular weight excluding hydrogens is 247 g/mol. The molecule has 0 radical (unpaired) electrons. The molecule has 0 saturated heterocycles. The lowest BCUT2D eigenvalue weighted by Crippen LogP contribution is -2.21. The fraction of sp³-hybridized carbons (Fsp3) is 0.214. The van der Waals surface area contributed by atoms with Gasteiger partial charge in [-0.05, 0) is 18.2 Å². The summed E-state index contributed by atoms with van der Waals surface area (Å²) in [5.41, 5.74) is 0.711. The van der Waals surface area contributed by atoms with Crippen LogP contribution in [0.15, 0.2) is 47.4 Å². The van der Waals surface area contributed by atoms with E-state index in [1.165, 1.54) is 19.2 Å². The van der Waals surface area contributed by atoms with Gasteiger partial charge in [-0.3, -0.25) is 4.79 Å². The van der Waals surface area contributed by atoms with Crippen LogP contribution in [0.1, 0.15) is 0 Å². The third kappa shape index (κ3) is 3.34. The van der Waals surface area contributed by atoms with Crippen molar-refractivity contribution in [3.05, 3.63) is 58.8 Å². The van der Waals surface area contributed by atoms with Crippen molar-refractivity contribution >= 4 is 5.69 Å². The van der Waals surface area contributed by atoms with Gasteiger partial charge in [0.25, 0.3) is 5.56 Å². The first-order valence-corrected chi connectivity index (χ1v) is 5.93. The number of nitrogens with one attached hydrogen (secondary N) is 1. The highest BCUT2D eigenvalue weighted by atomic mass is 19.1. The Morgan fingerprint density at radius 3 is 2.89 bits per heavy atom. The van der Waals surface area contributed by atoms with Crippen LogP contribution in [-0.4, -0.2) is 18.2 Å². The predicted octanol–water partition coefficient (Wildman–Crippen LogP) is 2.11. The number of benzene rings is 1. The molecule has 0 unspecified atom stereocenters. The normalized spacial score (nSPS) is 10.2. The Morgan fingerprint density at radius 1 is 1.32 bits per heavy atom. The van der Waals surface area contributed by atoms with Crippen LogP contribution in [0.3, 0.4) is 0 Å². The van der Waals surface area contributed by atoms with E-state index in [1.807, 2.05) is 6.07 Å². The van der Waals surface area contributed by atoms with E-state index in [2.05, 4.69) is 5.32 Å². The van der Waals surface area contributed by atoms with Crippen LogP contribution in [0.2, 0.25) is 0 Å². The topological polar surface area (TPSA) is 43.3 Å². The molecule has 100 valence electrons. The molecule has 1 aromatic carbocycles. The summed E-state index contributed by atoms with van der Waals surface area (Å²) >= 11 is 0. The number of aromatic nitrogens is 1. The molecule has 1 aromatic heterocycles. The van der Waals surface area contributed by atoms with Crippen molar-refractivity contribution in [3.63, 3.8) is 0 Å². The van der Waals surface area contributed by atoms with Crippen molar-refractivity contribution in [2.45, 2.75) is 6.54 Å². The largest absolute Gasteiger partial charge is 0.494 e. The van der Waals surface area contributed by atoms with Gasteiger partial charge in [0.1, 0.15) is 0 Å². The second-order valence-electron chi connectivity index (χ2n) is 4.01. The molecule has 1 N–H and O–H groups in total. The zero-order valence-electron chi connectivity index (χ0n) is 10.6. The van der Waals surface area contributed by atoms with Crippen LogP contribution in [0.4, 0.5) is 10.1 Å². The molecule has 0 bridgehead atoms. The van der Waals surface area contributed by atoms with Crippen LogP contribution in [0, 0.1) is 5.82 Å². The fourth-order valence-corrected chi connectivity index (χ4v) is 1.74. The van der Waals surface area contributed by atoms with Gasteiger partial charge in [-0.1, -0.05) is 6.07 Å². The van der Waals surface area contributed by atoms with Gasteiger partial charge in [-0.2, -0.15) is 0 Å². The zero-order chi connectivity index (χ0) is 13.7. The third-order valence-corrected chi connectivity index (χ3v) is 2.73.